The summed E-state index contributed by atoms with van der Waals surface area (Å²) in [5.41, 5.74) is -1.82. The topological polar surface area (TPSA) is 0 Å². The summed E-state index contributed by atoms with van der Waals surface area (Å²) in [6.07, 6.45) is -1.68. The second kappa shape index (κ2) is 14.6. The lowest BCUT2D eigenvalue weighted by Gasteiger charge is -2.13. The van der Waals surface area contributed by atoms with E-state index in [0.717, 1.165) is 30.0 Å². The van der Waals surface area contributed by atoms with Gasteiger partial charge in [0.25, 0.3) is 0 Å². The van der Waals surface area contributed by atoms with Gasteiger partial charge in [-0.25, -0.2) is 30.7 Å². The quantitative estimate of drug-likeness (QED) is 0.0780. The molecule has 10 heteroatoms. The summed E-state index contributed by atoms with van der Waals surface area (Å²) in [5, 5.41) is 0. The average molecular weight is 685 g/mol. The molecule has 0 amide bonds. The first-order valence-corrected chi connectivity index (χ1v) is 15.0. The van der Waals surface area contributed by atoms with Crippen LogP contribution in [0, 0.1) is 29.1 Å². The van der Waals surface area contributed by atoms with Gasteiger partial charge in [0.05, 0.1) is 5.56 Å². The first kappa shape index (κ1) is 35.2. The molecule has 49 heavy (non-hydrogen) atoms. The minimum Gasteiger partial charge on any atom is -0.209 e. The molecule has 0 saturated carbocycles. The van der Waals surface area contributed by atoms with Gasteiger partial charge in [0.15, 0.2) is 5.83 Å². The van der Waals surface area contributed by atoms with Crippen LogP contribution in [0.15, 0.2) is 109 Å². The molecule has 0 spiro atoms. The smallest absolute Gasteiger partial charge is 0.209 e. The molecule has 0 radical (unpaired) electrons. The number of hydrogen-bond donors (Lipinski definition) is 0. The van der Waals surface area contributed by atoms with Crippen LogP contribution in [0.3, 0.4) is 0 Å². The lowest BCUT2D eigenvalue weighted by atomic mass is 9.95. The lowest BCUT2D eigenvalue weighted by molar-refractivity contribution is -0.142. The van der Waals surface area contributed by atoms with Crippen molar-refractivity contribution < 1.29 is 43.9 Å². The highest BCUT2D eigenvalue weighted by molar-refractivity contribution is 5.76. The summed E-state index contributed by atoms with van der Waals surface area (Å²) in [4.78, 5) is 0. The Morgan fingerprint density at radius 1 is 0.551 bits per heavy atom. The minimum atomic E-state index is -5.36. The molecule has 0 nitrogen and oxygen atoms in total. The second-order valence-electron chi connectivity index (χ2n) is 11.2. The number of rotatable bonds is 10. The lowest BCUT2D eigenvalue weighted by Crippen LogP contribution is -2.11. The van der Waals surface area contributed by atoms with Gasteiger partial charge >= 0.3 is 6.18 Å². The largest absolute Gasteiger partial charge is 0.422 e. The Bertz CT molecular complexity index is 1980. The Balaban J connectivity index is 1.34. The van der Waals surface area contributed by atoms with E-state index in [2.05, 4.69) is 6.58 Å². The van der Waals surface area contributed by atoms with Crippen LogP contribution in [-0.4, -0.2) is 0 Å². The van der Waals surface area contributed by atoms with Crippen molar-refractivity contribution >= 4 is 5.83 Å². The van der Waals surface area contributed by atoms with Crippen LogP contribution in [0.1, 0.15) is 36.8 Å². The third-order valence-electron chi connectivity index (χ3n) is 7.92. The summed E-state index contributed by atoms with van der Waals surface area (Å²) >= 11 is 0. The van der Waals surface area contributed by atoms with E-state index in [9.17, 15) is 30.7 Å². The number of benzene rings is 5. The third-order valence-corrected chi connectivity index (χ3v) is 7.92. The van der Waals surface area contributed by atoms with Crippen molar-refractivity contribution in [2.75, 3.05) is 0 Å². The van der Waals surface area contributed by atoms with Crippen molar-refractivity contribution in [2.24, 2.45) is 0 Å². The molecular weight excluding hydrogens is 658 g/mol. The van der Waals surface area contributed by atoms with E-state index < -0.39 is 63.6 Å². The molecule has 0 aromatic heterocycles. The minimum absolute atomic E-state index is 0.00101. The zero-order valence-electron chi connectivity index (χ0n) is 25.6. The van der Waals surface area contributed by atoms with Gasteiger partial charge < -0.3 is 0 Å². The van der Waals surface area contributed by atoms with Crippen LogP contribution in [0.2, 0.25) is 0 Å². The van der Waals surface area contributed by atoms with Crippen LogP contribution in [0.4, 0.5) is 43.9 Å². The van der Waals surface area contributed by atoms with Crippen LogP contribution in [0.5, 0.6) is 0 Å². The van der Waals surface area contributed by atoms with Crippen molar-refractivity contribution in [2.45, 2.75) is 31.9 Å². The molecule has 252 valence electrons. The number of alkyl halides is 3. The molecule has 0 saturated heterocycles. The molecule has 0 atom stereocenters. The predicted octanol–water partition coefficient (Wildman–Crippen LogP) is 13.4. The maximum atomic E-state index is 15.3. The van der Waals surface area contributed by atoms with Gasteiger partial charge in [0, 0.05) is 17.5 Å². The van der Waals surface area contributed by atoms with Gasteiger partial charge in [-0.05, 0) is 83.0 Å². The standard InChI is InChI=1S/C39H26F10/c1-2-3-4-5-6-30(40)38(46)25-13-11-23(12-14-25)22-7-9-24(10-8-22)26-15-16-29(31(41)17-26)27-18-32(42)36(33(43)19-27)28-20-34(44)37(35(45)21-28)39(47,48)49/h2,7-21H,1,3-6H2/b38-30+. The molecule has 0 unspecified atom stereocenters. The summed E-state index contributed by atoms with van der Waals surface area (Å²) in [6.45, 7) is 3.60. The Kier molecular flexibility index (Phi) is 10.5. The fraction of sp³-hybridized carbons (Fsp3) is 0.128. The summed E-state index contributed by atoms with van der Waals surface area (Å²) in [7, 11) is 0. The normalized spacial score (nSPS) is 12.2. The number of hydrogen-bond acceptors (Lipinski definition) is 0. The zero-order valence-corrected chi connectivity index (χ0v) is 25.6. The highest BCUT2D eigenvalue weighted by Gasteiger charge is 2.38. The van der Waals surface area contributed by atoms with Crippen molar-refractivity contribution in [3.8, 4) is 44.5 Å². The van der Waals surface area contributed by atoms with Gasteiger partial charge in [-0.3, -0.25) is 0 Å². The molecule has 0 heterocycles. The van der Waals surface area contributed by atoms with E-state index in [1.165, 1.54) is 24.3 Å². The Morgan fingerprint density at radius 2 is 1.02 bits per heavy atom. The average Bonchev–Trinajstić information content (AvgIpc) is 3.05. The van der Waals surface area contributed by atoms with E-state index in [0.29, 0.717) is 29.7 Å². The van der Waals surface area contributed by atoms with Crippen molar-refractivity contribution in [3.63, 3.8) is 0 Å². The summed E-state index contributed by atoms with van der Waals surface area (Å²) < 4.78 is 141. The summed E-state index contributed by atoms with van der Waals surface area (Å²) in [5.74, 6) is -9.39. The van der Waals surface area contributed by atoms with Gasteiger partial charge in [-0.1, -0.05) is 66.7 Å². The Morgan fingerprint density at radius 3 is 1.53 bits per heavy atom. The second-order valence-corrected chi connectivity index (χ2v) is 11.2. The molecular formula is C39H26F10. The van der Waals surface area contributed by atoms with Crippen LogP contribution < -0.4 is 0 Å². The van der Waals surface area contributed by atoms with Gasteiger partial charge in [-0.15, -0.1) is 6.58 Å². The SMILES string of the molecule is C=CCCCC/C(F)=C(\F)c1ccc(-c2ccc(-c3ccc(-c4cc(F)c(-c5cc(F)c(C(F)(F)F)c(F)c5)c(F)c4)c(F)c3)cc2)cc1. The van der Waals surface area contributed by atoms with E-state index in [1.807, 2.05) is 0 Å². The Hall–Kier alpha value is -5.12. The van der Waals surface area contributed by atoms with Gasteiger partial charge in [-0.2, -0.15) is 13.2 Å². The molecule has 0 bridgehead atoms. The van der Waals surface area contributed by atoms with Crippen LogP contribution in [0.25, 0.3) is 50.3 Å². The zero-order chi connectivity index (χ0) is 35.5. The molecule has 0 aliphatic heterocycles. The number of allylic oxidation sites excluding steroid dienone is 2. The van der Waals surface area contributed by atoms with E-state index in [4.69, 9.17) is 0 Å². The number of unbranched alkanes of at least 4 members (excludes halogenated alkanes) is 2. The molecule has 0 aliphatic rings. The predicted molar refractivity (Wildman–Crippen MR) is 171 cm³/mol. The van der Waals surface area contributed by atoms with Crippen molar-refractivity contribution in [1.29, 1.82) is 0 Å². The first-order valence-electron chi connectivity index (χ1n) is 15.0. The molecule has 5 rings (SSSR count). The molecule has 0 N–H and O–H groups in total. The fourth-order valence-corrected chi connectivity index (χ4v) is 5.42. The summed E-state index contributed by atoms with van der Waals surface area (Å²) in [6, 6.07) is 18.9. The van der Waals surface area contributed by atoms with E-state index in [1.54, 1.807) is 42.5 Å². The molecule has 0 fully saturated rings. The van der Waals surface area contributed by atoms with E-state index in [-0.39, 0.29) is 35.2 Å². The van der Waals surface area contributed by atoms with Crippen LogP contribution >= 0.6 is 0 Å². The third kappa shape index (κ3) is 7.80. The van der Waals surface area contributed by atoms with Gasteiger partial charge in [0.2, 0.25) is 0 Å². The molecule has 5 aromatic carbocycles. The Labute approximate surface area is 275 Å². The van der Waals surface area contributed by atoms with Crippen LogP contribution in [-0.2, 0) is 6.18 Å². The van der Waals surface area contributed by atoms with Crippen molar-refractivity contribution in [3.05, 3.63) is 150 Å². The molecule has 0 aliphatic carbocycles. The van der Waals surface area contributed by atoms with Crippen molar-refractivity contribution in [1.82, 2.24) is 0 Å². The highest BCUT2D eigenvalue weighted by atomic mass is 19.4. The number of halogens is 10. The molecule has 5 aromatic rings. The highest BCUT2D eigenvalue weighted by Crippen LogP contribution is 2.39. The van der Waals surface area contributed by atoms with Gasteiger partial charge in [0.1, 0.15) is 40.5 Å². The maximum absolute atomic E-state index is 15.3. The van der Waals surface area contributed by atoms with E-state index >= 15 is 13.2 Å². The fourth-order valence-electron chi connectivity index (χ4n) is 5.42. The first-order chi connectivity index (χ1) is 23.3. The monoisotopic (exact) mass is 684 g/mol. The maximum Gasteiger partial charge on any atom is 0.422 e.